The molecule has 0 radical (unpaired) electrons. The van der Waals surface area contributed by atoms with Gasteiger partial charge in [-0.3, -0.25) is 10.1 Å². The van der Waals surface area contributed by atoms with Gasteiger partial charge in [-0.15, -0.1) is 0 Å². The number of aryl methyl sites for hydroxylation is 1. The molecule has 1 unspecified atom stereocenters. The fourth-order valence-electron chi connectivity index (χ4n) is 2.77. The van der Waals surface area contributed by atoms with E-state index in [9.17, 15) is 9.59 Å². The van der Waals surface area contributed by atoms with E-state index in [-0.39, 0.29) is 6.10 Å². The number of anilines is 1. The summed E-state index contributed by atoms with van der Waals surface area (Å²) in [7, 11) is 0. The van der Waals surface area contributed by atoms with Crippen molar-refractivity contribution < 1.29 is 14.3 Å². The average Bonchev–Trinajstić information content (AvgIpc) is 2.70. The van der Waals surface area contributed by atoms with Crippen molar-refractivity contribution in [2.24, 2.45) is 0 Å². The monoisotopic (exact) mass is 374 g/mol. The third-order valence-electron chi connectivity index (χ3n) is 4.31. The number of carbonyl (C=O) groups excluding carboxylic acids is 2. The Morgan fingerprint density at radius 3 is 2.18 bits per heavy atom. The molecule has 28 heavy (non-hydrogen) atoms. The van der Waals surface area contributed by atoms with Gasteiger partial charge in [0.25, 0.3) is 5.91 Å². The first-order valence-electron chi connectivity index (χ1n) is 9.02. The minimum absolute atomic E-state index is 0.0879. The van der Waals surface area contributed by atoms with Crippen LogP contribution in [0.25, 0.3) is 0 Å². The van der Waals surface area contributed by atoms with Crippen LogP contribution in [-0.2, 0) is 0 Å². The number of nitrogens with one attached hydrogen (secondary N) is 2. The predicted octanol–water partition coefficient (Wildman–Crippen LogP) is 5.10. The maximum atomic E-state index is 12.2. The van der Waals surface area contributed by atoms with E-state index in [2.05, 4.69) is 10.6 Å². The van der Waals surface area contributed by atoms with Crippen LogP contribution in [0.1, 0.15) is 34.5 Å². The molecule has 0 saturated carbocycles. The Balaban J connectivity index is 1.56. The summed E-state index contributed by atoms with van der Waals surface area (Å²) in [6.45, 7) is 3.80. The van der Waals surface area contributed by atoms with E-state index >= 15 is 0 Å². The summed E-state index contributed by atoms with van der Waals surface area (Å²) in [5.74, 6) is 0.255. The van der Waals surface area contributed by atoms with E-state index in [0.29, 0.717) is 17.0 Å². The van der Waals surface area contributed by atoms with Crippen LogP contribution in [0.3, 0.4) is 0 Å². The number of hydrogen-bond acceptors (Lipinski definition) is 3. The number of imide groups is 1. The molecule has 0 aromatic heterocycles. The van der Waals surface area contributed by atoms with Gasteiger partial charge in [-0.25, -0.2) is 4.79 Å². The van der Waals surface area contributed by atoms with Crippen LogP contribution in [0, 0.1) is 6.92 Å². The predicted molar refractivity (Wildman–Crippen MR) is 110 cm³/mol. The maximum absolute atomic E-state index is 12.2. The van der Waals surface area contributed by atoms with Crippen molar-refractivity contribution in [1.29, 1.82) is 0 Å². The lowest BCUT2D eigenvalue weighted by Gasteiger charge is -2.15. The van der Waals surface area contributed by atoms with Gasteiger partial charge in [0.05, 0.1) is 0 Å². The first-order chi connectivity index (χ1) is 13.5. The van der Waals surface area contributed by atoms with Crippen LogP contribution in [0.2, 0.25) is 0 Å². The van der Waals surface area contributed by atoms with Crippen molar-refractivity contribution in [3.8, 4) is 5.75 Å². The van der Waals surface area contributed by atoms with Crippen LogP contribution in [0.5, 0.6) is 5.75 Å². The molecule has 5 nitrogen and oxygen atoms in total. The van der Waals surface area contributed by atoms with Gasteiger partial charge in [-0.05, 0) is 55.3 Å². The number of ether oxygens (including phenoxy) is 1. The van der Waals surface area contributed by atoms with Crippen molar-refractivity contribution >= 4 is 17.6 Å². The van der Waals surface area contributed by atoms with Crippen LogP contribution >= 0.6 is 0 Å². The molecule has 0 aliphatic heterocycles. The fraction of sp³-hybridized carbons (Fsp3) is 0.130. The highest BCUT2D eigenvalue weighted by atomic mass is 16.5. The molecule has 0 saturated heterocycles. The summed E-state index contributed by atoms with van der Waals surface area (Å²) in [4.78, 5) is 24.3. The van der Waals surface area contributed by atoms with Crippen molar-refractivity contribution in [3.05, 3.63) is 95.6 Å². The normalized spacial score (nSPS) is 11.4. The van der Waals surface area contributed by atoms with E-state index in [1.165, 1.54) is 0 Å². The van der Waals surface area contributed by atoms with Gasteiger partial charge in [0.15, 0.2) is 0 Å². The zero-order valence-electron chi connectivity index (χ0n) is 15.8. The van der Waals surface area contributed by atoms with Crippen LogP contribution in [0.15, 0.2) is 78.9 Å². The van der Waals surface area contributed by atoms with Gasteiger partial charge < -0.3 is 10.1 Å². The van der Waals surface area contributed by atoms with E-state index in [1.807, 2.05) is 56.3 Å². The van der Waals surface area contributed by atoms with Crippen LogP contribution in [-0.4, -0.2) is 11.9 Å². The lowest BCUT2D eigenvalue weighted by Crippen LogP contribution is -2.34. The molecule has 3 aromatic carbocycles. The summed E-state index contributed by atoms with van der Waals surface area (Å²) in [5.41, 5.74) is 2.92. The van der Waals surface area contributed by atoms with Crippen molar-refractivity contribution in [3.63, 3.8) is 0 Å². The molecule has 0 aliphatic carbocycles. The topological polar surface area (TPSA) is 67.4 Å². The first kappa shape index (κ1) is 19.2. The minimum atomic E-state index is -0.584. The van der Waals surface area contributed by atoms with Crippen molar-refractivity contribution in [2.75, 3.05) is 5.32 Å². The summed E-state index contributed by atoms with van der Waals surface area (Å²) in [6.07, 6.45) is -0.0879. The van der Waals surface area contributed by atoms with Crippen molar-refractivity contribution in [2.45, 2.75) is 20.0 Å². The summed E-state index contributed by atoms with van der Waals surface area (Å²) < 4.78 is 5.91. The first-order valence-corrected chi connectivity index (χ1v) is 9.02. The van der Waals surface area contributed by atoms with Crippen molar-refractivity contribution in [1.82, 2.24) is 5.32 Å². The Morgan fingerprint density at radius 2 is 1.50 bits per heavy atom. The number of amides is 3. The van der Waals surface area contributed by atoms with E-state index in [1.54, 1.807) is 36.4 Å². The molecule has 1 atom stereocenters. The molecule has 0 fully saturated rings. The molecule has 3 rings (SSSR count). The smallest absolute Gasteiger partial charge is 0.326 e. The number of urea groups is 1. The molecule has 3 amide bonds. The van der Waals surface area contributed by atoms with Gasteiger partial charge in [-0.1, -0.05) is 48.5 Å². The fourth-order valence-corrected chi connectivity index (χ4v) is 2.77. The second kappa shape index (κ2) is 8.86. The van der Waals surface area contributed by atoms with E-state index < -0.39 is 11.9 Å². The van der Waals surface area contributed by atoms with E-state index in [4.69, 9.17) is 4.74 Å². The van der Waals surface area contributed by atoms with Gasteiger partial charge in [-0.2, -0.15) is 0 Å². The van der Waals surface area contributed by atoms with Gasteiger partial charge in [0.1, 0.15) is 11.9 Å². The number of carbonyl (C=O) groups is 2. The quantitative estimate of drug-likeness (QED) is 0.653. The zero-order chi connectivity index (χ0) is 19.9. The largest absolute Gasteiger partial charge is 0.486 e. The molecule has 5 heteroatoms. The second-order valence-corrected chi connectivity index (χ2v) is 6.42. The molecule has 0 bridgehead atoms. The lowest BCUT2D eigenvalue weighted by molar-refractivity contribution is 0.0966. The zero-order valence-corrected chi connectivity index (χ0v) is 15.8. The Hall–Kier alpha value is -3.60. The third kappa shape index (κ3) is 4.98. The Labute approximate surface area is 164 Å². The van der Waals surface area contributed by atoms with Crippen LogP contribution in [0.4, 0.5) is 10.5 Å². The molecule has 0 aliphatic rings. The van der Waals surface area contributed by atoms with Crippen LogP contribution < -0.4 is 15.4 Å². The van der Waals surface area contributed by atoms with E-state index in [0.717, 1.165) is 11.1 Å². The molecule has 0 spiro atoms. The minimum Gasteiger partial charge on any atom is -0.486 e. The Kier molecular flexibility index (Phi) is 6.07. The highest BCUT2D eigenvalue weighted by Gasteiger charge is 2.12. The number of hydrogen-bond donors (Lipinski definition) is 2. The summed E-state index contributed by atoms with van der Waals surface area (Å²) >= 11 is 0. The molecule has 2 N–H and O–H groups in total. The standard InChI is InChI=1S/C23H22N2O3/c1-16-8-6-7-11-21(16)22(26)25-23(27)24-19-12-14-20(15-13-19)28-17(2)18-9-4-3-5-10-18/h3-15,17H,1-2H3,(H2,24,25,26,27). The second-order valence-electron chi connectivity index (χ2n) is 6.42. The summed E-state index contributed by atoms with van der Waals surface area (Å²) in [6, 6.07) is 23.5. The molecule has 3 aromatic rings. The summed E-state index contributed by atoms with van der Waals surface area (Å²) in [5, 5.41) is 4.98. The SMILES string of the molecule is Cc1ccccc1C(=O)NC(=O)Nc1ccc(OC(C)c2ccccc2)cc1. The maximum Gasteiger partial charge on any atom is 0.326 e. The van der Waals surface area contributed by atoms with Gasteiger partial charge >= 0.3 is 6.03 Å². The third-order valence-corrected chi connectivity index (χ3v) is 4.31. The molecular weight excluding hydrogens is 352 g/mol. The highest BCUT2D eigenvalue weighted by Crippen LogP contribution is 2.23. The Morgan fingerprint density at radius 1 is 0.857 bits per heavy atom. The molecule has 0 heterocycles. The number of rotatable bonds is 5. The average molecular weight is 374 g/mol. The number of benzene rings is 3. The van der Waals surface area contributed by atoms with Gasteiger partial charge in [0, 0.05) is 11.3 Å². The molecule has 142 valence electrons. The lowest BCUT2D eigenvalue weighted by atomic mass is 10.1. The Bertz CT molecular complexity index is 953. The highest BCUT2D eigenvalue weighted by molar-refractivity contribution is 6.08. The molecular formula is C23H22N2O3. The van der Waals surface area contributed by atoms with Gasteiger partial charge in [0.2, 0.25) is 0 Å².